The Balaban J connectivity index is 2.00. The van der Waals surface area contributed by atoms with E-state index < -0.39 is 6.04 Å². The molecule has 1 amide bonds. The van der Waals surface area contributed by atoms with E-state index in [1.165, 1.54) is 15.9 Å². The molecule has 0 fully saturated rings. The zero-order valence-electron chi connectivity index (χ0n) is 15.0. The van der Waals surface area contributed by atoms with Gasteiger partial charge in [-0.2, -0.15) is 0 Å². The highest BCUT2D eigenvalue weighted by Crippen LogP contribution is 2.27. The molecule has 1 atom stereocenters. The molecular weight excluding hydrogens is 334 g/mol. The highest BCUT2D eigenvalue weighted by Gasteiger charge is 2.22. The molecule has 6 heteroatoms. The first-order valence-electron chi connectivity index (χ1n) is 8.16. The van der Waals surface area contributed by atoms with E-state index in [-0.39, 0.29) is 11.5 Å². The number of hydrogen-bond donors (Lipinski definition) is 1. The van der Waals surface area contributed by atoms with Crippen molar-refractivity contribution in [2.75, 3.05) is 5.32 Å². The van der Waals surface area contributed by atoms with Crippen LogP contribution < -0.4 is 10.9 Å². The van der Waals surface area contributed by atoms with Gasteiger partial charge in [0, 0.05) is 10.6 Å². The summed E-state index contributed by atoms with van der Waals surface area (Å²) in [4.78, 5) is 32.0. The number of benzene rings is 1. The normalized spacial score (nSPS) is 12.4. The van der Waals surface area contributed by atoms with Gasteiger partial charge in [-0.15, -0.1) is 11.3 Å². The minimum atomic E-state index is -0.648. The van der Waals surface area contributed by atoms with E-state index in [4.69, 9.17) is 0 Å². The summed E-state index contributed by atoms with van der Waals surface area (Å²) in [6.07, 6.45) is 0. The molecule has 0 saturated heterocycles. The van der Waals surface area contributed by atoms with Crippen molar-refractivity contribution in [3.8, 4) is 0 Å². The number of nitrogens with one attached hydrogen (secondary N) is 1. The van der Waals surface area contributed by atoms with Gasteiger partial charge >= 0.3 is 0 Å². The molecule has 1 N–H and O–H groups in total. The predicted octanol–water partition coefficient (Wildman–Crippen LogP) is 3.89. The van der Waals surface area contributed by atoms with Crippen molar-refractivity contribution in [3.05, 3.63) is 56.4 Å². The van der Waals surface area contributed by atoms with Crippen LogP contribution >= 0.6 is 11.3 Å². The van der Waals surface area contributed by atoms with Gasteiger partial charge in [-0.3, -0.25) is 14.2 Å². The van der Waals surface area contributed by atoms with Crippen molar-refractivity contribution in [1.29, 1.82) is 0 Å². The van der Waals surface area contributed by atoms with Crippen LogP contribution in [0, 0.1) is 27.7 Å². The third-order valence-corrected chi connectivity index (χ3v) is 5.60. The first kappa shape index (κ1) is 17.4. The summed E-state index contributed by atoms with van der Waals surface area (Å²) in [6.45, 7) is 9.38. The molecular formula is C19H21N3O2S. The van der Waals surface area contributed by atoms with Gasteiger partial charge < -0.3 is 5.32 Å². The molecule has 2 aromatic heterocycles. The Kier molecular flexibility index (Phi) is 4.47. The quantitative estimate of drug-likeness (QED) is 0.775. The van der Waals surface area contributed by atoms with E-state index >= 15 is 0 Å². The molecule has 5 nitrogen and oxygen atoms in total. The van der Waals surface area contributed by atoms with Crippen LogP contribution in [0.3, 0.4) is 0 Å². The third-order valence-electron chi connectivity index (χ3n) is 4.50. The molecule has 0 aliphatic carbocycles. The number of amides is 1. The molecule has 1 unspecified atom stereocenters. The number of nitrogens with zero attached hydrogens (tertiary/aromatic N) is 2. The Labute approximate surface area is 150 Å². The van der Waals surface area contributed by atoms with Crippen LogP contribution in [-0.2, 0) is 4.79 Å². The van der Waals surface area contributed by atoms with Crippen molar-refractivity contribution < 1.29 is 4.79 Å². The fourth-order valence-corrected chi connectivity index (χ4v) is 3.93. The summed E-state index contributed by atoms with van der Waals surface area (Å²) < 4.78 is 1.48. The maximum Gasteiger partial charge on any atom is 0.263 e. The van der Waals surface area contributed by atoms with Crippen LogP contribution in [0.2, 0.25) is 0 Å². The summed E-state index contributed by atoms with van der Waals surface area (Å²) in [5, 5.41) is 3.48. The van der Waals surface area contributed by atoms with Crippen molar-refractivity contribution in [3.63, 3.8) is 0 Å². The molecule has 0 spiro atoms. The van der Waals surface area contributed by atoms with Crippen molar-refractivity contribution >= 4 is 33.1 Å². The van der Waals surface area contributed by atoms with Crippen LogP contribution in [0.25, 0.3) is 10.2 Å². The van der Waals surface area contributed by atoms with E-state index in [2.05, 4.69) is 10.3 Å². The number of fused-ring (bicyclic) bond motifs is 1. The minimum Gasteiger partial charge on any atom is -0.324 e. The van der Waals surface area contributed by atoms with Crippen LogP contribution in [0.5, 0.6) is 0 Å². The maximum absolute atomic E-state index is 13.0. The highest BCUT2D eigenvalue weighted by atomic mass is 32.1. The number of carbonyl (C=O) groups is 1. The minimum absolute atomic E-state index is 0.157. The van der Waals surface area contributed by atoms with E-state index in [1.54, 1.807) is 13.8 Å². The maximum atomic E-state index is 13.0. The smallest absolute Gasteiger partial charge is 0.263 e. The number of hydrogen-bond acceptors (Lipinski definition) is 4. The lowest BCUT2D eigenvalue weighted by Gasteiger charge is -2.17. The molecule has 25 heavy (non-hydrogen) atoms. The standard InChI is InChI=1S/C19H21N3O2S/c1-10-6-8-15(9-7-10)21-17(23)12(3)22-14(5)20-18-16(19(22)24)11(2)13(4)25-18/h6-9,12H,1-5H3,(H,21,23). The summed E-state index contributed by atoms with van der Waals surface area (Å²) >= 11 is 1.51. The Hall–Kier alpha value is -2.47. The Morgan fingerprint density at radius 2 is 1.80 bits per heavy atom. The van der Waals surface area contributed by atoms with Gasteiger partial charge in [0.1, 0.15) is 16.7 Å². The van der Waals surface area contributed by atoms with Crippen LogP contribution in [-0.4, -0.2) is 15.5 Å². The van der Waals surface area contributed by atoms with Gasteiger partial charge in [0.2, 0.25) is 5.91 Å². The van der Waals surface area contributed by atoms with Crippen LogP contribution in [0.1, 0.15) is 34.8 Å². The van der Waals surface area contributed by atoms with Gasteiger partial charge in [-0.1, -0.05) is 17.7 Å². The SMILES string of the molecule is Cc1ccc(NC(=O)C(C)n2c(C)nc3sc(C)c(C)c3c2=O)cc1. The van der Waals surface area contributed by atoms with E-state index in [9.17, 15) is 9.59 Å². The van der Waals surface area contributed by atoms with Crippen LogP contribution in [0.15, 0.2) is 29.1 Å². The predicted molar refractivity (Wildman–Crippen MR) is 103 cm³/mol. The number of carbonyl (C=O) groups excluding carboxylic acids is 1. The Morgan fingerprint density at radius 3 is 2.44 bits per heavy atom. The second kappa shape index (κ2) is 6.44. The second-order valence-corrected chi connectivity index (χ2v) is 7.53. The van der Waals surface area contributed by atoms with E-state index in [1.807, 2.05) is 45.0 Å². The third kappa shape index (κ3) is 3.09. The first-order chi connectivity index (χ1) is 11.8. The number of rotatable bonds is 3. The second-order valence-electron chi connectivity index (χ2n) is 6.33. The zero-order valence-corrected chi connectivity index (χ0v) is 15.8. The molecule has 0 aliphatic rings. The van der Waals surface area contributed by atoms with Gasteiger partial charge in [-0.05, 0) is 52.3 Å². The average Bonchev–Trinajstić information content (AvgIpc) is 2.83. The zero-order chi connectivity index (χ0) is 18.3. The van der Waals surface area contributed by atoms with Crippen molar-refractivity contribution in [2.45, 2.75) is 40.7 Å². The van der Waals surface area contributed by atoms with Crippen LogP contribution in [0.4, 0.5) is 5.69 Å². The summed E-state index contributed by atoms with van der Waals surface area (Å²) in [5.41, 5.74) is 2.62. The van der Waals surface area contributed by atoms with E-state index in [0.717, 1.165) is 20.8 Å². The van der Waals surface area contributed by atoms with Gasteiger partial charge in [0.05, 0.1) is 5.39 Å². The lowest BCUT2D eigenvalue weighted by atomic mass is 10.2. The molecule has 1 aromatic carbocycles. The summed E-state index contributed by atoms with van der Waals surface area (Å²) in [5.74, 6) is 0.310. The molecule has 3 rings (SSSR count). The van der Waals surface area contributed by atoms with Gasteiger partial charge in [0.15, 0.2) is 0 Å². The lowest BCUT2D eigenvalue weighted by Crippen LogP contribution is -2.33. The number of thiophene rings is 1. The first-order valence-corrected chi connectivity index (χ1v) is 8.97. The number of aromatic nitrogens is 2. The van der Waals surface area contributed by atoms with Crippen molar-refractivity contribution in [1.82, 2.24) is 9.55 Å². The number of anilines is 1. The summed E-state index contributed by atoms with van der Waals surface area (Å²) in [6, 6.07) is 6.92. The average molecular weight is 355 g/mol. The molecule has 130 valence electrons. The molecule has 0 radical (unpaired) electrons. The summed E-state index contributed by atoms with van der Waals surface area (Å²) in [7, 11) is 0. The Morgan fingerprint density at radius 1 is 1.16 bits per heavy atom. The fraction of sp³-hybridized carbons (Fsp3) is 0.316. The molecule has 3 aromatic rings. The molecule has 0 saturated carbocycles. The topological polar surface area (TPSA) is 64.0 Å². The monoisotopic (exact) mass is 355 g/mol. The lowest BCUT2D eigenvalue weighted by molar-refractivity contribution is -0.118. The highest BCUT2D eigenvalue weighted by molar-refractivity contribution is 7.18. The Bertz CT molecular complexity index is 1020. The largest absolute Gasteiger partial charge is 0.324 e. The van der Waals surface area contributed by atoms with Crippen molar-refractivity contribution in [2.24, 2.45) is 0 Å². The van der Waals surface area contributed by atoms with E-state index in [0.29, 0.717) is 16.9 Å². The number of aryl methyl sites for hydroxylation is 4. The molecule has 2 heterocycles. The van der Waals surface area contributed by atoms with Gasteiger partial charge in [-0.25, -0.2) is 4.98 Å². The molecule has 0 aliphatic heterocycles. The molecule has 0 bridgehead atoms. The van der Waals surface area contributed by atoms with Gasteiger partial charge in [0.25, 0.3) is 5.56 Å². The fourth-order valence-electron chi connectivity index (χ4n) is 2.86.